The molecule has 1 aliphatic heterocycles. The molecule has 3 rings (SSSR count). The number of likely N-dealkylation sites (tertiary alicyclic amines) is 1. The van der Waals surface area contributed by atoms with E-state index in [-0.39, 0.29) is 11.5 Å². The second-order valence-corrected chi connectivity index (χ2v) is 6.17. The van der Waals surface area contributed by atoms with E-state index in [1.54, 1.807) is 42.6 Å². The van der Waals surface area contributed by atoms with Crippen molar-refractivity contribution in [2.45, 2.75) is 18.9 Å². The van der Waals surface area contributed by atoms with E-state index in [9.17, 15) is 14.4 Å². The number of aromatic nitrogens is 1. The van der Waals surface area contributed by atoms with Crippen molar-refractivity contribution in [1.82, 2.24) is 20.7 Å². The minimum Gasteiger partial charge on any atom is -0.496 e. The van der Waals surface area contributed by atoms with E-state index in [0.29, 0.717) is 30.8 Å². The first-order valence-corrected chi connectivity index (χ1v) is 8.81. The van der Waals surface area contributed by atoms with Crippen LogP contribution in [0.1, 0.15) is 23.2 Å². The Kier molecular flexibility index (Phi) is 6.05. The number of anilines is 1. The number of carbonyl (C=O) groups is 3. The number of amides is 4. The summed E-state index contributed by atoms with van der Waals surface area (Å²) < 4.78 is 5.14. The highest BCUT2D eigenvalue weighted by atomic mass is 16.5. The molecule has 0 unspecified atom stereocenters. The Bertz CT molecular complexity index is 858. The van der Waals surface area contributed by atoms with Gasteiger partial charge < -0.3 is 15.0 Å². The fourth-order valence-electron chi connectivity index (χ4n) is 3.03. The molecule has 28 heavy (non-hydrogen) atoms. The largest absolute Gasteiger partial charge is 0.496 e. The van der Waals surface area contributed by atoms with Gasteiger partial charge in [-0.1, -0.05) is 12.1 Å². The zero-order valence-electron chi connectivity index (χ0n) is 15.3. The monoisotopic (exact) mass is 383 g/mol. The van der Waals surface area contributed by atoms with Crippen molar-refractivity contribution in [2.75, 3.05) is 19.0 Å². The lowest BCUT2D eigenvalue weighted by atomic mass is 10.2. The van der Waals surface area contributed by atoms with Crippen LogP contribution >= 0.6 is 0 Å². The number of para-hydroxylation sites is 1. The molecule has 0 aliphatic carbocycles. The zero-order chi connectivity index (χ0) is 19.9. The summed E-state index contributed by atoms with van der Waals surface area (Å²) in [5, 5.41) is 2.75. The molecule has 2 aromatic rings. The van der Waals surface area contributed by atoms with Crippen molar-refractivity contribution in [2.24, 2.45) is 0 Å². The predicted octanol–water partition coefficient (Wildman–Crippen LogP) is 1.55. The van der Waals surface area contributed by atoms with Gasteiger partial charge >= 0.3 is 6.03 Å². The van der Waals surface area contributed by atoms with Crippen LogP contribution in [0.25, 0.3) is 0 Å². The molecule has 1 aliphatic rings. The van der Waals surface area contributed by atoms with Crippen LogP contribution < -0.4 is 20.9 Å². The normalized spacial score (nSPS) is 15.6. The molecule has 1 aromatic carbocycles. The van der Waals surface area contributed by atoms with Gasteiger partial charge in [-0.2, -0.15) is 0 Å². The first-order chi connectivity index (χ1) is 13.6. The highest BCUT2D eigenvalue weighted by Crippen LogP contribution is 2.19. The van der Waals surface area contributed by atoms with Crippen molar-refractivity contribution in [3.05, 3.63) is 54.4 Å². The van der Waals surface area contributed by atoms with Crippen LogP contribution in [0.15, 0.2) is 48.8 Å². The standard InChI is InChI=1S/C19H21N5O4/c1-28-16-9-3-2-7-14(16)17(25)22-23-19(27)24-11-5-8-15(24)18(26)21-13-6-4-10-20-12-13/h2-4,6-7,9-10,12,15H,5,8,11H2,1H3,(H,21,26)(H,22,25)(H,23,27)/t15-/m0/s1. The van der Waals surface area contributed by atoms with E-state index in [2.05, 4.69) is 21.2 Å². The van der Waals surface area contributed by atoms with Crippen LogP contribution in [0.2, 0.25) is 0 Å². The Morgan fingerprint density at radius 3 is 2.71 bits per heavy atom. The zero-order valence-corrected chi connectivity index (χ0v) is 15.3. The summed E-state index contributed by atoms with van der Waals surface area (Å²) in [7, 11) is 1.46. The van der Waals surface area contributed by atoms with E-state index in [4.69, 9.17) is 4.74 Å². The van der Waals surface area contributed by atoms with E-state index >= 15 is 0 Å². The third kappa shape index (κ3) is 4.37. The molecule has 3 N–H and O–H groups in total. The van der Waals surface area contributed by atoms with Gasteiger partial charge in [-0.05, 0) is 37.1 Å². The van der Waals surface area contributed by atoms with Crippen LogP contribution in [0.5, 0.6) is 5.75 Å². The van der Waals surface area contributed by atoms with Crippen molar-refractivity contribution >= 4 is 23.5 Å². The SMILES string of the molecule is COc1ccccc1C(=O)NNC(=O)N1CCC[C@H]1C(=O)Nc1cccnc1. The summed E-state index contributed by atoms with van der Waals surface area (Å²) in [6.07, 6.45) is 4.37. The van der Waals surface area contributed by atoms with Gasteiger partial charge in [0.15, 0.2) is 0 Å². The summed E-state index contributed by atoms with van der Waals surface area (Å²) in [6, 6.07) is 8.92. The molecular weight excluding hydrogens is 362 g/mol. The number of hydrogen-bond acceptors (Lipinski definition) is 5. The number of urea groups is 1. The Morgan fingerprint density at radius 2 is 1.96 bits per heavy atom. The fourth-order valence-corrected chi connectivity index (χ4v) is 3.03. The van der Waals surface area contributed by atoms with Gasteiger partial charge in [-0.3, -0.25) is 20.0 Å². The number of pyridine rings is 1. The molecule has 1 fully saturated rings. The number of carbonyl (C=O) groups excluding carboxylic acids is 3. The number of hydrogen-bond donors (Lipinski definition) is 3. The van der Waals surface area contributed by atoms with Gasteiger partial charge in [0.25, 0.3) is 5.91 Å². The lowest BCUT2D eigenvalue weighted by molar-refractivity contribution is -0.119. The molecule has 9 nitrogen and oxygen atoms in total. The average Bonchev–Trinajstić information content (AvgIpc) is 3.22. The molecule has 2 heterocycles. The predicted molar refractivity (Wildman–Crippen MR) is 102 cm³/mol. The first-order valence-electron chi connectivity index (χ1n) is 8.81. The van der Waals surface area contributed by atoms with Crippen molar-refractivity contribution in [1.29, 1.82) is 0 Å². The molecule has 9 heteroatoms. The second kappa shape index (κ2) is 8.85. The van der Waals surface area contributed by atoms with Crippen LogP contribution in [0.4, 0.5) is 10.5 Å². The van der Waals surface area contributed by atoms with E-state index < -0.39 is 18.0 Å². The third-order valence-corrected chi connectivity index (χ3v) is 4.38. The van der Waals surface area contributed by atoms with Gasteiger partial charge in [-0.25, -0.2) is 10.2 Å². The number of benzene rings is 1. The van der Waals surface area contributed by atoms with Gasteiger partial charge in [0.2, 0.25) is 5.91 Å². The van der Waals surface area contributed by atoms with Crippen LogP contribution in [0, 0.1) is 0 Å². The summed E-state index contributed by atoms with van der Waals surface area (Å²) in [5.74, 6) is -0.415. The van der Waals surface area contributed by atoms with Crippen molar-refractivity contribution in [3.63, 3.8) is 0 Å². The Labute approximate surface area is 162 Å². The van der Waals surface area contributed by atoms with Gasteiger partial charge in [-0.15, -0.1) is 0 Å². The number of methoxy groups -OCH3 is 1. The number of ether oxygens (including phenoxy) is 1. The van der Waals surface area contributed by atoms with E-state index in [1.807, 2.05) is 0 Å². The topological polar surface area (TPSA) is 113 Å². The van der Waals surface area contributed by atoms with Gasteiger partial charge in [0.1, 0.15) is 11.8 Å². The molecule has 1 atom stereocenters. The van der Waals surface area contributed by atoms with Crippen LogP contribution in [0.3, 0.4) is 0 Å². The molecular formula is C19H21N5O4. The van der Waals surface area contributed by atoms with Crippen molar-refractivity contribution in [3.8, 4) is 5.75 Å². The van der Waals surface area contributed by atoms with Crippen molar-refractivity contribution < 1.29 is 19.1 Å². The fraction of sp³-hybridized carbons (Fsp3) is 0.263. The smallest absolute Gasteiger partial charge is 0.336 e. The molecule has 0 bridgehead atoms. The maximum absolute atomic E-state index is 12.5. The molecule has 4 amide bonds. The second-order valence-electron chi connectivity index (χ2n) is 6.17. The first kappa shape index (κ1) is 19.2. The summed E-state index contributed by atoms with van der Waals surface area (Å²) >= 11 is 0. The number of hydrazine groups is 1. The maximum atomic E-state index is 12.5. The molecule has 1 aromatic heterocycles. The molecule has 0 saturated carbocycles. The Hall–Kier alpha value is -3.62. The number of rotatable bonds is 4. The van der Waals surface area contributed by atoms with E-state index in [0.717, 1.165) is 0 Å². The van der Waals surface area contributed by atoms with Gasteiger partial charge in [0, 0.05) is 12.7 Å². The number of nitrogens with zero attached hydrogens (tertiary/aromatic N) is 2. The average molecular weight is 383 g/mol. The van der Waals surface area contributed by atoms with Crippen LogP contribution in [-0.2, 0) is 4.79 Å². The van der Waals surface area contributed by atoms with E-state index in [1.165, 1.54) is 18.2 Å². The quantitative estimate of drug-likeness (QED) is 0.694. The summed E-state index contributed by atoms with van der Waals surface area (Å²) in [6.45, 7) is 0.418. The minimum absolute atomic E-state index is 0.289. The lowest BCUT2D eigenvalue weighted by Gasteiger charge is -2.24. The Balaban J connectivity index is 1.58. The summed E-state index contributed by atoms with van der Waals surface area (Å²) in [5.41, 5.74) is 5.57. The molecule has 1 saturated heterocycles. The number of nitrogens with one attached hydrogen (secondary N) is 3. The lowest BCUT2D eigenvalue weighted by Crippen LogP contribution is -2.52. The van der Waals surface area contributed by atoms with Gasteiger partial charge in [0.05, 0.1) is 24.6 Å². The third-order valence-electron chi connectivity index (χ3n) is 4.38. The molecule has 146 valence electrons. The summed E-state index contributed by atoms with van der Waals surface area (Å²) in [4.78, 5) is 42.6. The van der Waals surface area contributed by atoms with Crippen LogP contribution in [-0.4, -0.2) is 47.4 Å². The molecule has 0 radical (unpaired) electrons. The molecule has 0 spiro atoms. The highest BCUT2D eigenvalue weighted by molar-refractivity contribution is 5.99. The minimum atomic E-state index is -0.622. The highest BCUT2D eigenvalue weighted by Gasteiger charge is 2.34. The maximum Gasteiger partial charge on any atom is 0.336 e. The Morgan fingerprint density at radius 1 is 1.14 bits per heavy atom.